The standard InChI is InChI=1S/C6H8F3NO4/c1-3-14-4(11)5(2,10(12)13)6(7,8)9/h3H2,1-2H3. The minimum Gasteiger partial charge on any atom is -0.460 e. The average Bonchev–Trinajstić information content (AvgIpc) is 2.00. The summed E-state index contributed by atoms with van der Waals surface area (Å²) in [6.07, 6.45) is -5.28. The lowest BCUT2D eigenvalue weighted by atomic mass is 10.0. The largest absolute Gasteiger partial charge is 0.472 e. The third-order valence-corrected chi connectivity index (χ3v) is 1.59. The van der Waals surface area contributed by atoms with Crippen molar-refractivity contribution in [2.24, 2.45) is 0 Å². The van der Waals surface area contributed by atoms with Gasteiger partial charge in [-0.05, 0) is 6.92 Å². The van der Waals surface area contributed by atoms with Crippen molar-refractivity contribution < 1.29 is 27.6 Å². The molecule has 5 nitrogen and oxygen atoms in total. The van der Waals surface area contributed by atoms with Crippen molar-refractivity contribution in [3.63, 3.8) is 0 Å². The molecule has 8 heteroatoms. The molecule has 0 rings (SSSR count). The fourth-order valence-electron chi connectivity index (χ4n) is 0.565. The summed E-state index contributed by atoms with van der Waals surface area (Å²) in [6.45, 7) is 1.08. The summed E-state index contributed by atoms with van der Waals surface area (Å²) in [4.78, 5) is 19.2. The van der Waals surface area contributed by atoms with Crippen LogP contribution < -0.4 is 0 Å². The summed E-state index contributed by atoms with van der Waals surface area (Å²) < 4.78 is 40.6. The van der Waals surface area contributed by atoms with Crippen molar-refractivity contribution >= 4 is 5.97 Å². The number of hydrogen-bond donors (Lipinski definition) is 0. The van der Waals surface area contributed by atoms with E-state index in [1.54, 1.807) is 0 Å². The van der Waals surface area contributed by atoms with Crippen LogP contribution in [-0.2, 0) is 9.53 Å². The van der Waals surface area contributed by atoms with Crippen LogP contribution in [0.25, 0.3) is 0 Å². The van der Waals surface area contributed by atoms with E-state index in [1.807, 2.05) is 0 Å². The SMILES string of the molecule is CCOC(=O)C(C)([N+](=O)[O-])C(F)(F)F. The molecule has 82 valence electrons. The van der Waals surface area contributed by atoms with Crippen LogP contribution in [0.2, 0.25) is 0 Å². The molecular weight excluding hydrogens is 207 g/mol. The Morgan fingerprint density at radius 3 is 2.14 bits per heavy atom. The summed E-state index contributed by atoms with van der Waals surface area (Å²) >= 11 is 0. The number of carbonyl (C=O) groups is 1. The Hall–Kier alpha value is -1.34. The fraction of sp³-hybridized carbons (Fsp3) is 0.833. The van der Waals surface area contributed by atoms with Crippen LogP contribution in [0.5, 0.6) is 0 Å². The molecule has 0 aromatic heterocycles. The highest BCUT2D eigenvalue weighted by atomic mass is 19.4. The van der Waals surface area contributed by atoms with Gasteiger partial charge in [-0.25, -0.2) is 4.79 Å². The lowest BCUT2D eigenvalue weighted by Gasteiger charge is -2.20. The van der Waals surface area contributed by atoms with Crippen LogP contribution in [0.1, 0.15) is 13.8 Å². The van der Waals surface area contributed by atoms with Gasteiger partial charge in [-0.3, -0.25) is 10.1 Å². The first-order chi connectivity index (χ1) is 6.17. The van der Waals surface area contributed by atoms with E-state index < -0.39 is 22.6 Å². The van der Waals surface area contributed by atoms with E-state index in [-0.39, 0.29) is 13.5 Å². The molecule has 0 radical (unpaired) electrons. The van der Waals surface area contributed by atoms with Gasteiger partial charge in [-0.2, -0.15) is 13.2 Å². The highest BCUT2D eigenvalue weighted by molar-refractivity contribution is 5.79. The Morgan fingerprint density at radius 2 is 1.93 bits per heavy atom. The molecule has 0 N–H and O–H groups in total. The van der Waals surface area contributed by atoms with Crippen LogP contribution in [0, 0.1) is 10.1 Å². The summed E-state index contributed by atoms with van der Waals surface area (Å²) in [5.41, 5.74) is -3.69. The van der Waals surface area contributed by atoms with E-state index in [9.17, 15) is 28.1 Å². The fourth-order valence-corrected chi connectivity index (χ4v) is 0.565. The Balaban J connectivity index is 5.12. The predicted molar refractivity (Wildman–Crippen MR) is 38.1 cm³/mol. The number of ether oxygens (including phenoxy) is 1. The predicted octanol–water partition coefficient (Wildman–Crippen LogP) is 1.15. The summed E-state index contributed by atoms with van der Waals surface area (Å²) in [6, 6.07) is 0. The Kier molecular flexibility index (Phi) is 3.44. The van der Waals surface area contributed by atoms with Crippen molar-refractivity contribution in [1.29, 1.82) is 0 Å². The van der Waals surface area contributed by atoms with Gasteiger partial charge in [-0.15, -0.1) is 0 Å². The normalized spacial score (nSPS) is 15.8. The molecule has 0 saturated carbocycles. The number of halogens is 3. The highest BCUT2D eigenvalue weighted by Gasteiger charge is 2.69. The number of hydrogen-bond acceptors (Lipinski definition) is 4. The van der Waals surface area contributed by atoms with Gasteiger partial charge in [0.2, 0.25) is 0 Å². The van der Waals surface area contributed by atoms with E-state index in [1.165, 1.54) is 6.92 Å². The minimum absolute atomic E-state index is 0.172. The maximum atomic E-state index is 12.2. The first-order valence-electron chi connectivity index (χ1n) is 3.56. The molecule has 0 aromatic rings. The third kappa shape index (κ3) is 1.94. The second-order valence-corrected chi connectivity index (χ2v) is 2.55. The van der Waals surface area contributed by atoms with Gasteiger partial charge in [-0.1, -0.05) is 0 Å². The van der Waals surface area contributed by atoms with E-state index in [2.05, 4.69) is 4.74 Å². The molecule has 0 amide bonds. The van der Waals surface area contributed by atoms with Gasteiger partial charge in [0.15, 0.2) is 0 Å². The Bertz CT molecular complexity index is 252. The van der Waals surface area contributed by atoms with Crippen LogP contribution in [0.3, 0.4) is 0 Å². The number of carbonyl (C=O) groups excluding carboxylic acids is 1. The summed E-state index contributed by atoms with van der Waals surface area (Å²) in [5.74, 6) is -1.91. The second-order valence-electron chi connectivity index (χ2n) is 2.55. The van der Waals surface area contributed by atoms with Crippen LogP contribution in [0.4, 0.5) is 13.2 Å². The average molecular weight is 215 g/mol. The van der Waals surface area contributed by atoms with E-state index in [0.717, 1.165) is 0 Å². The molecule has 1 unspecified atom stereocenters. The molecule has 0 bridgehead atoms. The quantitative estimate of drug-likeness (QED) is 0.402. The summed E-state index contributed by atoms with van der Waals surface area (Å²) in [7, 11) is 0. The van der Waals surface area contributed by atoms with Gasteiger partial charge >= 0.3 is 17.7 Å². The van der Waals surface area contributed by atoms with Crippen molar-refractivity contribution in [3.8, 4) is 0 Å². The monoisotopic (exact) mass is 215 g/mol. The number of rotatable bonds is 3. The molecular formula is C6H8F3NO4. The maximum Gasteiger partial charge on any atom is 0.472 e. The second kappa shape index (κ2) is 3.81. The lowest BCUT2D eigenvalue weighted by Crippen LogP contribution is -2.56. The molecule has 0 saturated heterocycles. The smallest absolute Gasteiger partial charge is 0.460 e. The van der Waals surface area contributed by atoms with Crippen molar-refractivity contribution in [3.05, 3.63) is 10.1 Å². The zero-order chi connectivity index (χ0) is 11.6. The van der Waals surface area contributed by atoms with Crippen LogP contribution in [-0.4, -0.2) is 29.2 Å². The highest BCUT2D eigenvalue weighted by Crippen LogP contribution is 2.33. The van der Waals surface area contributed by atoms with Crippen LogP contribution in [0.15, 0.2) is 0 Å². The maximum absolute atomic E-state index is 12.2. The van der Waals surface area contributed by atoms with Crippen molar-refractivity contribution in [2.45, 2.75) is 25.6 Å². The van der Waals surface area contributed by atoms with Gasteiger partial charge < -0.3 is 4.74 Å². The lowest BCUT2D eigenvalue weighted by molar-refractivity contribution is -0.592. The van der Waals surface area contributed by atoms with Gasteiger partial charge in [0.05, 0.1) is 6.61 Å². The van der Waals surface area contributed by atoms with Gasteiger partial charge in [0.1, 0.15) is 0 Å². The number of nitrogens with zero attached hydrogens (tertiary/aromatic N) is 1. The zero-order valence-electron chi connectivity index (χ0n) is 7.42. The molecule has 0 aliphatic carbocycles. The molecule has 14 heavy (non-hydrogen) atoms. The Morgan fingerprint density at radius 1 is 1.50 bits per heavy atom. The van der Waals surface area contributed by atoms with Crippen LogP contribution >= 0.6 is 0 Å². The van der Waals surface area contributed by atoms with E-state index in [0.29, 0.717) is 0 Å². The summed E-state index contributed by atoms with van der Waals surface area (Å²) in [5, 5.41) is 10.2. The first kappa shape index (κ1) is 12.7. The number of nitro groups is 1. The van der Waals surface area contributed by atoms with E-state index in [4.69, 9.17) is 0 Å². The molecule has 0 aromatic carbocycles. The molecule has 0 heterocycles. The molecule has 0 spiro atoms. The number of alkyl halides is 3. The van der Waals surface area contributed by atoms with Gasteiger partial charge in [0, 0.05) is 11.8 Å². The number of esters is 1. The Labute approximate surface area is 77.0 Å². The van der Waals surface area contributed by atoms with Gasteiger partial charge in [0.25, 0.3) is 0 Å². The molecule has 0 aliphatic heterocycles. The van der Waals surface area contributed by atoms with Crippen molar-refractivity contribution in [1.82, 2.24) is 0 Å². The zero-order valence-corrected chi connectivity index (χ0v) is 7.42. The molecule has 1 atom stereocenters. The topological polar surface area (TPSA) is 69.4 Å². The minimum atomic E-state index is -5.28. The van der Waals surface area contributed by atoms with Crippen molar-refractivity contribution in [2.75, 3.05) is 6.61 Å². The first-order valence-corrected chi connectivity index (χ1v) is 3.56. The van der Waals surface area contributed by atoms with E-state index >= 15 is 0 Å². The molecule has 0 fully saturated rings. The third-order valence-electron chi connectivity index (χ3n) is 1.59. The molecule has 0 aliphatic rings.